The average molecular weight is 327 g/mol. The van der Waals surface area contributed by atoms with E-state index in [1.54, 1.807) is 0 Å². The lowest BCUT2D eigenvalue weighted by molar-refractivity contribution is 0.929. The van der Waals surface area contributed by atoms with Crippen LogP contribution in [-0.2, 0) is 0 Å². The number of anilines is 1. The Morgan fingerprint density at radius 3 is 2.40 bits per heavy atom. The largest absolute Gasteiger partial charge is 0.370 e. The summed E-state index contributed by atoms with van der Waals surface area (Å²) in [5.41, 5.74) is 7.05. The SMILES string of the molecule is CCCN=C(N)Nc1cccc2ccc3cc4ccccc4cc3c12. The normalized spacial score (nSPS) is 12.1. The van der Waals surface area contributed by atoms with Gasteiger partial charge in [0.2, 0.25) is 0 Å². The number of hydrogen-bond acceptors (Lipinski definition) is 1. The Kier molecular flexibility index (Phi) is 3.98. The first-order valence-electron chi connectivity index (χ1n) is 8.67. The summed E-state index contributed by atoms with van der Waals surface area (Å²) in [4.78, 5) is 4.36. The van der Waals surface area contributed by atoms with Crippen LogP contribution in [0.5, 0.6) is 0 Å². The number of fused-ring (bicyclic) bond motifs is 4. The highest BCUT2D eigenvalue weighted by atomic mass is 15.1. The molecule has 0 amide bonds. The summed E-state index contributed by atoms with van der Waals surface area (Å²) >= 11 is 0. The monoisotopic (exact) mass is 327 g/mol. The van der Waals surface area contributed by atoms with Crippen LogP contribution in [-0.4, -0.2) is 12.5 Å². The van der Waals surface area contributed by atoms with Gasteiger partial charge in [-0.05, 0) is 51.6 Å². The highest BCUT2D eigenvalue weighted by Gasteiger charge is 2.08. The number of benzene rings is 4. The van der Waals surface area contributed by atoms with Gasteiger partial charge in [0.1, 0.15) is 0 Å². The summed E-state index contributed by atoms with van der Waals surface area (Å²) in [5, 5.41) is 10.6. The fourth-order valence-electron chi connectivity index (χ4n) is 3.32. The summed E-state index contributed by atoms with van der Waals surface area (Å²) in [5.74, 6) is 0.465. The maximum absolute atomic E-state index is 6.06. The van der Waals surface area contributed by atoms with E-state index >= 15 is 0 Å². The van der Waals surface area contributed by atoms with Crippen LogP contribution in [0.15, 0.2) is 71.7 Å². The predicted octanol–water partition coefficient (Wildman–Crippen LogP) is 5.28. The maximum Gasteiger partial charge on any atom is 0.193 e. The van der Waals surface area contributed by atoms with E-state index in [2.05, 4.69) is 77.9 Å². The molecule has 0 aliphatic heterocycles. The Hall–Kier alpha value is -3.07. The minimum absolute atomic E-state index is 0.465. The van der Waals surface area contributed by atoms with E-state index in [4.69, 9.17) is 5.73 Å². The van der Waals surface area contributed by atoms with Crippen molar-refractivity contribution < 1.29 is 0 Å². The van der Waals surface area contributed by atoms with Crippen LogP contribution in [0.2, 0.25) is 0 Å². The molecule has 0 heterocycles. The molecule has 124 valence electrons. The summed E-state index contributed by atoms with van der Waals surface area (Å²) < 4.78 is 0. The Labute approximate surface area is 147 Å². The van der Waals surface area contributed by atoms with Crippen molar-refractivity contribution in [1.29, 1.82) is 0 Å². The first-order valence-corrected chi connectivity index (χ1v) is 8.67. The third-order valence-corrected chi connectivity index (χ3v) is 4.49. The molecule has 0 atom stereocenters. The van der Waals surface area contributed by atoms with Crippen molar-refractivity contribution in [2.24, 2.45) is 10.7 Å². The molecule has 3 N–H and O–H groups in total. The third-order valence-electron chi connectivity index (χ3n) is 4.49. The summed E-state index contributed by atoms with van der Waals surface area (Å²) in [6.45, 7) is 2.82. The van der Waals surface area contributed by atoms with E-state index in [0.717, 1.165) is 18.7 Å². The average Bonchev–Trinajstić information content (AvgIpc) is 2.64. The molecule has 3 heteroatoms. The molecule has 0 unspecified atom stereocenters. The van der Waals surface area contributed by atoms with Crippen LogP contribution in [0.3, 0.4) is 0 Å². The number of hydrogen-bond donors (Lipinski definition) is 2. The Morgan fingerprint density at radius 2 is 1.60 bits per heavy atom. The van der Waals surface area contributed by atoms with E-state index in [1.165, 1.54) is 32.3 Å². The molecular formula is C22H21N3. The highest BCUT2D eigenvalue weighted by molar-refractivity contribution is 6.18. The van der Waals surface area contributed by atoms with Crippen LogP contribution < -0.4 is 11.1 Å². The van der Waals surface area contributed by atoms with Crippen molar-refractivity contribution in [2.75, 3.05) is 11.9 Å². The minimum atomic E-state index is 0.465. The Morgan fingerprint density at radius 1 is 0.880 bits per heavy atom. The first kappa shape index (κ1) is 15.5. The molecule has 0 saturated heterocycles. The van der Waals surface area contributed by atoms with Crippen molar-refractivity contribution >= 4 is 44.0 Å². The number of guanidine groups is 1. The lowest BCUT2D eigenvalue weighted by Gasteiger charge is -2.12. The van der Waals surface area contributed by atoms with Gasteiger partial charge in [-0.25, -0.2) is 0 Å². The molecule has 0 saturated carbocycles. The number of aliphatic imine (C=N–C) groups is 1. The van der Waals surface area contributed by atoms with Gasteiger partial charge in [-0.2, -0.15) is 0 Å². The second-order valence-corrected chi connectivity index (χ2v) is 6.28. The third kappa shape index (κ3) is 2.89. The zero-order valence-electron chi connectivity index (χ0n) is 14.3. The zero-order valence-corrected chi connectivity index (χ0v) is 14.3. The first-order chi connectivity index (χ1) is 12.3. The molecule has 4 rings (SSSR count). The minimum Gasteiger partial charge on any atom is -0.370 e. The van der Waals surface area contributed by atoms with Crippen LogP contribution in [0, 0.1) is 0 Å². The quantitative estimate of drug-likeness (QED) is 0.233. The van der Waals surface area contributed by atoms with Crippen LogP contribution in [0.4, 0.5) is 5.69 Å². The van der Waals surface area contributed by atoms with Gasteiger partial charge in [0.05, 0.1) is 0 Å². The topological polar surface area (TPSA) is 50.4 Å². The molecule has 4 aromatic rings. The highest BCUT2D eigenvalue weighted by Crippen LogP contribution is 2.33. The number of nitrogens with one attached hydrogen (secondary N) is 1. The maximum atomic E-state index is 6.06. The van der Waals surface area contributed by atoms with Crippen LogP contribution in [0.25, 0.3) is 32.3 Å². The van der Waals surface area contributed by atoms with Gasteiger partial charge >= 0.3 is 0 Å². The van der Waals surface area contributed by atoms with Crippen molar-refractivity contribution in [3.8, 4) is 0 Å². The standard InChI is InChI=1S/C22H21N3/c1-2-12-24-22(23)25-20-9-5-8-15-10-11-18-13-16-6-3-4-7-17(16)14-19(18)21(15)20/h3-11,13-14H,2,12H2,1H3,(H3,23,24,25). The molecule has 25 heavy (non-hydrogen) atoms. The van der Waals surface area contributed by atoms with Gasteiger partial charge in [0.15, 0.2) is 5.96 Å². The van der Waals surface area contributed by atoms with E-state index in [0.29, 0.717) is 5.96 Å². The van der Waals surface area contributed by atoms with Gasteiger partial charge in [-0.1, -0.05) is 55.5 Å². The van der Waals surface area contributed by atoms with E-state index in [1.807, 2.05) is 6.07 Å². The molecule has 0 bridgehead atoms. The molecule has 0 aromatic heterocycles. The predicted molar refractivity (Wildman–Crippen MR) is 109 cm³/mol. The molecule has 3 nitrogen and oxygen atoms in total. The fourth-order valence-corrected chi connectivity index (χ4v) is 3.32. The van der Waals surface area contributed by atoms with Crippen molar-refractivity contribution in [2.45, 2.75) is 13.3 Å². The summed E-state index contributed by atoms with van der Waals surface area (Å²) in [6, 6.07) is 23.6. The summed E-state index contributed by atoms with van der Waals surface area (Å²) in [6.07, 6.45) is 0.979. The summed E-state index contributed by atoms with van der Waals surface area (Å²) in [7, 11) is 0. The van der Waals surface area contributed by atoms with Crippen molar-refractivity contribution in [1.82, 2.24) is 0 Å². The van der Waals surface area contributed by atoms with E-state index < -0.39 is 0 Å². The molecular weight excluding hydrogens is 306 g/mol. The van der Waals surface area contributed by atoms with Gasteiger partial charge in [-0.3, -0.25) is 4.99 Å². The van der Waals surface area contributed by atoms with Crippen molar-refractivity contribution in [3.05, 3.63) is 66.7 Å². The smallest absolute Gasteiger partial charge is 0.193 e. The molecule has 0 fully saturated rings. The number of nitrogens with two attached hydrogens (primary N) is 1. The van der Waals surface area contributed by atoms with Gasteiger partial charge in [-0.15, -0.1) is 0 Å². The van der Waals surface area contributed by atoms with Gasteiger partial charge in [0.25, 0.3) is 0 Å². The lowest BCUT2D eigenvalue weighted by Crippen LogP contribution is -2.23. The van der Waals surface area contributed by atoms with Crippen molar-refractivity contribution in [3.63, 3.8) is 0 Å². The second kappa shape index (κ2) is 6.44. The fraction of sp³-hybridized carbons (Fsp3) is 0.136. The van der Waals surface area contributed by atoms with E-state index in [-0.39, 0.29) is 0 Å². The molecule has 0 aliphatic rings. The zero-order chi connectivity index (χ0) is 17.2. The molecule has 0 spiro atoms. The Balaban J connectivity index is 1.96. The molecule has 0 radical (unpaired) electrons. The Bertz CT molecular complexity index is 1100. The molecule has 0 aliphatic carbocycles. The van der Waals surface area contributed by atoms with Gasteiger partial charge < -0.3 is 11.1 Å². The van der Waals surface area contributed by atoms with Gasteiger partial charge in [0, 0.05) is 17.6 Å². The molecule has 4 aromatic carbocycles. The van der Waals surface area contributed by atoms with E-state index in [9.17, 15) is 0 Å². The second-order valence-electron chi connectivity index (χ2n) is 6.28. The number of rotatable bonds is 3. The lowest BCUT2D eigenvalue weighted by atomic mass is 9.97. The van der Waals surface area contributed by atoms with Crippen LogP contribution in [0.1, 0.15) is 13.3 Å². The van der Waals surface area contributed by atoms with Crippen LogP contribution >= 0.6 is 0 Å². The number of nitrogens with zero attached hydrogens (tertiary/aromatic N) is 1.